The molecule has 2 amide bonds. The number of amides is 2. The highest BCUT2D eigenvalue weighted by Gasteiger charge is 2.24. The molecule has 0 bridgehead atoms. The molecule has 0 aliphatic carbocycles. The van der Waals surface area contributed by atoms with E-state index in [0.717, 1.165) is 36.2 Å². The normalized spacial score (nSPS) is 14.3. The summed E-state index contributed by atoms with van der Waals surface area (Å²) in [5.74, 6) is -0.108. The van der Waals surface area contributed by atoms with Gasteiger partial charge in [0.2, 0.25) is 11.8 Å². The van der Waals surface area contributed by atoms with Crippen molar-refractivity contribution in [1.29, 1.82) is 5.41 Å². The summed E-state index contributed by atoms with van der Waals surface area (Å²) < 4.78 is 5.95. The summed E-state index contributed by atoms with van der Waals surface area (Å²) in [5, 5.41) is 10.6. The van der Waals surface area contributed by atoms with Crippen LogP contribution in [0.1, 0.15) is 41.9 Å². The molecule has 1 atom stereocenters. The van der Waals surface area contributed by atoms with Crippen molar-refractivity contribution in [3.63, 3.8) is 0 Å². The average Bonchev–Trinajstić information content (AvgIpc) is 2.86. The summed E-state index contributed by atoms with van der Waals surface area (Å²) in [6.07, 6.45) is 2.51. The third-order valence-corrected chi connectivity index (χ3v) is 6.16. The Morgan fingerprint density at radius 3 is 2.60 bits per heavy atom. The van der Waals surface area contributed by atoms with Crippen LogP contribution in [0.2, 0.25) is 0 Å². The number of rotatable bonds is 8. The van der Waals surface area contributed by atoms with Gasteiger partial charge in [-0.05, 0) is 61.2 Å². The number of anilines is 2. The maximum absolute atomic E-state index is 13.3. The number of hydrogen-bond acceptors (Lipinski definition) is 4. The molecule has 7 nitrogen and oxygen atoms in total. The van der Waals surface area contributed by atoms with E-state index in [9.17, 15) is 9.59 Å². The molecule has 180 valence electrons. The van der Waals surface area contributed by atoms with Gasteiger partial charge in [0.05, 0.1) is 5.92 Å². The van der Waals surface area contributed by atoms with Crippen LogP contribution in [0.15, 0.2) is 72.8 Å². The Hall–Kier alpha value is -4.13. The predicted molar refractivity (Wildman–Crippen MR) is 138 cm³/mol. The van der Waals surface area contributed by atoms with Crippen LogP contribution < -0.4 is 20.7 Å². The summed E-state index contributed by atoms with van der Waals surface area (Å²) in [6.45, 7) is 2.80. The molecule has 3 aromatic carbocycles. The number of nitrogen functional groups attached to an aromatic ring is 1. The minimum absolute atomic E-state index is 0.0436. The van der Waals surface area contributed by atoms with E-state index in [1.165, 1.54) is 0 Å². The second kappa shape index (κ2) is 10.9. The number of nitrogens with zero attached hydrogens (tertiary/aromatic N) is 1. The molecule has 0 spiro atoms. The smallest absolute Gasteiger partial charge is 0.235 e. The third kappa shape index (κ3) is 5.87. The highest BCUT2D eigenvalue weighted by Crippen LogP contribution is 2.28. The monoisotopic (exact) mass is 470 g/mol. The van der Waals surface area contributed by atoms with Gasteiger partial charge in [-0.2, -0.15) is 0 Å². The van der Waals surface area contributed by atoms with E-state index in [-0.39, 0.29) is 24.3 Å². The molecule has 0 radical (unpaired) electrons. The van der Waals surface area contributed by atoms with Gasteiger partial charge in [0.1, 0.15) is 18.2 Å². The van der Waals surface area contributed by atoms with Crippen molar-refractivity contribution < 1.29 is 14.3 Å². The quantitative estimate of drug-likeness (QED) is 0.330. The number of piperidine rings is 1. The van der Waals surface area contributed by atoms with E-state index in [1.807, 2.05) is 60.4 Å². The van der Waals surface area contributed by atoms with Gasteiger partial charge in [-0.1, -0.05) is 42.5 Å². The van der Waals surface area contributed by atoms with Gasteiger partial charge < -0.3 is 20.7 Å². The van der Waals surface area contributed by atoms with Crippen LogP contribution in [0.4, 0.5) is 11.4 Å². The topological polar surface area (TPSA) is 109 Å². The Kier molecular flexibility index (Phi) is 7.45. The van der Waals surface area contributed by atoms with Gasteiger partial charge in [0.15, 0.2) is 0 Å². The van der Waals surface area contributed by atoms with Crippen LogP contribution in [0.5, 0.6) is 5.75 Å². The van der Waals surface area contributed by atoms with Crippen LogP contribution in [0, 0.1) is 12.3 Å². The van der Waals surface area contributed by atoms with Crippen molar-refractivity contribution in [2.24, 2.45) is 5.73 Å². The highest BCUT2D eigenvalue weighted by molar-refractivity contribution is 5.98. The lowest BCUT2D eigenvalue weighted by Gasteiger charge is -2.28. The van der Waals surface area contributed by atoms with E-state index in [4.69, 9.17) is 15.9 Å². The standard InChI is InChI=1S/C28H30N4O3/c1-19-16-22(13-14-25(19)32-15-6-5-12-26(32)33)31-28(34)24(20-8-3-2-4-9-20)18-35-23-11-7-10-21(17-23)27(29)30/h2-4,7-11,13-14,16-17,24H,5-6,12,15,18H2,1H3,(H3,29,30)(H,31,34). The summed E-state index contributed by atoms with van der Waals surface area (Å²) in [4.78, 5) is 27.5. The van der Waals surface area contributed by atoms with Gasteiger partial charge >= 0.3 is 0 Å². The molecule has 3 aromatic rings. The van der Waals surface area contributed by atoms with Crippen LogP contribution in [-0.4, -0.2) is 30.8 Å². The zero-order valence-corrected chi connectivity index (χ0v) is 19.8. The number of amidine groups is 1. The minimum atomic E-state index is -0.555. The maximum atomic E-state index is 13.3. The van der Waals surface area contributed by atoms with Crippen LogP contribution in [-0.2, 0) is 9.59 Å². The van der Waals surface area contributed by atoms with E-state index in [0.29, 0.717) is 23.4 Å². The fourth-order valence-electron chi connectivity index (χ4n) is 4.27. The number of aryl methyl sites for hydroxylation is 1. The van der Waals surface area contributed by atoms with Gasteiger partial charge in [-0.25, -0.2) is 0 Å². The molecule has 1 heterocycles. The molecule has 7 heteroatoms. The molecule has 1 aliphatic rings. The first kappa shape index (κ1) is 24.0. The zero-order chi connectivity index (χ0) is 24.8. The molecule has 35 heavy (non-hydrogen) atoms. The number of hydrogen-bond donors (Lipinski definition) is 3. The molecule has 0 aromatic heterocycles. The first-order valence-corrected chi connectivity index (χ1v) is 11.8. The van der Waals surface area contributed by atoms with Crippen molar-refractivity contribution in [1.82, 2.24) is 0 Å². The van der Waals surface area contributed by atoms with Crippen LogP contribution >= 0.6 is 0 Å². The first-order valence-electron chi connectivity index (χ1n) is 11.8. The van der Waals surface area contributed by atoms with Crippen molar-refractivity contribution >= 4 is 29.0 Å². The summed E-state index contributed by atoms with van der Waals surface area (Å²) >= 11 is 0. The van der Waals surface area contributed by atoms with E-state index in [2.05, 4.69) is 5.32 Å². The Balaban J connectivity index is 1.50. The van der Waals surface area contributed by atoms with E-state index < -0.39 is 5.92 Å². The molecule has 1 saturated heterocycles. The van der Waals surface area contributed by atoms with Crippen LogP contribution in [0.25, 0.3) is 0 Å². The molecule has 1 aliphatic heterocycles. The van der Waals surface area contributed by atoms with Crippen molar-refractivity contribution in [3.05, 3.63) is 89.5 Å². The Bertz CT molecular complexity index is 1230. The van der Waals surface area contributed by atoms with Crippen molar-refractivity contribution in [2.75, 3.05) is 23.4 Å². The Morgan fingerprint density at radius 2 is 1.89 bits per heavy atom. The second-order valence-corrected chi connectivity index (χ2v) is 8.71. The summed E-state index contributed by atoms with van der Waals surface area (Å²) in [7, 11) is 0. The third-order valence-electron chi connectivity index (χ3n) is 6.16. The molecule has 1 fully saturated rings. The number of benzene rings is 3. The molecule has 0 saturated carbocycles. The summed E-state index contributed by atoms with van der Waals surface area (Å²) in [6, 6.07) is 22.1. The largest absolute Gasteiger partial charge is 0.492 e. The Morgan fingerprint density at radius 1 is 1.09 bits per heavy atom. The highest BCUT2D eigenvalue weighted by atomic mass is 16.5. The van der Waals surface area contributed by atoms with Crippen LogP contribution in [0.3, 0.4) is 0 Å². The van der Waals surface area contributed by atoms with Gasteiger partial charge in [0, 0.05) is 29.9 Å². The lowest BCUT2D eigenvalue weighted by atomic mass is 9.98. The first-order chi connectivity index (χ1) is 16.9. The number of nitrogens with two attached hydrogens (primary N) is 1. The lowest BCUT2D eigenvalue weighted by Crippen LogP contribution is -2.35. The number of carbonyl (C=O) groups is 2. The molecular formula is C28H30N4O3. The lowest BCUT2D eigenvalue weighted by molar-refractivity contribution is -0.119. The van der Waals surface area contributed by atoms with E-state index in [1.54, 1.807) is 24.3 Å². The molecular weight excluding hydrogens is 440 g/mol. The van der Waals surface area contributed by atoms with Crippen molar-refractivity contribution in [2.45, 2.75) is 32.1 Å². The second-order valence-electron chi connectivity index (χ2n) is 8.71. The number of ether oxygens (including phenoxy) is 1. The minimum Gasteiger partial charge on any atom is -0.492 e. The summed E-state index contributed by atoms with van der Waals surface area (Å²) in [5.41, 5.74) is 9.47. The molecule has 4 rings (SSSR count). The van der Waals surface area contributed by atoms with Crippen molar-refractivity contribution in [3.8, 4) is 5.75 Å². The fourth-order valence-corrected chi connectivity index (χ4v) is 4.27. The fraction of sp³-hybridized carbons (Fsp3) is 0.250. The number of carbonyl (C=O) groups excluding carboxylic acids is 2. The average molecular weight is 471 g/mol. The SMILES string of the molecule is Cc1cc(NC(=O)C(COc2cccc(C(=N)N)c2)c2ccccc2)ccc1N1CCCCC1=O. The molecule has 4 N–H and O–H groups in total. The van der Waals surface area contributed by atoms with E-state index >= 15 is 0 Å². The Labute approximate surface area is 205 Å². The van der Waals surface area contributed by atoms with Gasteiger partial charge in [-0.3, -0.25) is 15.0 Å². The zero-order valence-electron chi connectivity index (χ0n) is 19.8. The molecule has 1 unspecified atom stereocenters. The van der Waals surface area contributed by atoms with Gasteiger partial charge in [-0.15, -0.1) is 0 Å². The predicted octanol–water partition coefficient (Wildman–Crippen LogP) is 4.60. The maximum Gasteiger partial charge on any atom is 0.235 e. The van der Waals surface area contributed by atoms with Gasteiger partial charge in [0.25, 0.3) is 0 Å². The number of nitrogens with one attached hydrogen (secondary N) is 2.